The van der Waals surface area contributed by atoms with Gasteiger partial charge in [-0.05, 0) is 23.6 Å². The molecule has 2 aromatic rings. The third-order valence-electron chi connectivity index (χ3n) is 3.21. The van der Waals surface area contributed by atoms with Gasteiger partial charge in [0.2, 0.25) is 0 Å². The lowest BCUT2D eigenvalue weighted by atomic mass is 10.1. The molecule has 106 valence electrons. The van der Waals surface area contributed by atoms with E-state index >= 15 is 0 Å². The SMILES string of the molecule is CC(C)Cn1c(Cc2ccccc2)ccc1C(=O)NN. The lowest BCUT2D eigenvalue weighted by molar-refractivity contribution is 0.0943. The van der Waals surface area contributed by atoms with Gasteiger partial charge in [0.15, 0.2) is 0 Å². The number of nitrogen functional groups attached to an aromatic ring is 1. The maximum absolute atomic E-state index is 11.8. The molecule has 0 saturated heterocycles. The first-order valence-electron chi connectivity index (χ1n) is 6.85. The Morgan fingerprint density at radius 2 is 1.90 bits per heavy atom. The number of nitrogens with one attached hydrogen (secondary N) is 1. The number of hydrogen-bond donors (Lipinski definition) is 2. The van der Waals surface area contributed by atoms with Gasteiger partial charge in [0.1, 0.15) is 5.69 Å². The zero-order valence-electron chi connectivity index (χ0n) is 12.0. The molecule has 0 unspecified atom stereocenters. The molecule has 0 aliphatic heterocycles. The molecule has 1 aromatic carbocycles. The molecular weight excluding hydrogens is 250 g/mol. The quantitative estimate of drug-likeness (QED) is 0.498. The number of carbonyl (C=O) groups excluding carboxylic acids is 1. The van der Waals surface area contributed by atoms with E-state index in [2.05, 4.69) is 36.0 Å². The van der Waals surface area contributed by atoms with Crippen LogP contribution in [-0.2, 0) is 13.0 Å². The van der Waals surface area contributed by atoms with Crippen molar-refractivity contribution < 1.29 is 4.79 Å². The van der Waals surface area contributed by atoms with Crippen LogP contribution in [0.25, 0.3) is 0 Å². The minimum atomic E-state index is -0.245. The summed E-state index contributed by atoms with van der Waals surface area (Å²) in [7, 11) is 0. The minimum Gasteiger partial charge on any atom is -0.340 e. The summed E-state index contributed by atoms with van der Waals surface area (Å²) in [5.74, 6) is 5.47. The number of aromatic nitrogens is 1. The van der Waals surface area contributed by atoms with Gasteiger partial charge in [-0.25, -0.2) is 5.84 Å². The van der Waals surface area contributed by atoms with Crippen LogP contribution in [0.5, 0.6) is 0 Å². The Bertz CT molecular complexity index is 573. The molecule has 4 nitrogen and oxygen atoms in total. The Hall–Kier alpha value is -2.07. The highest BCUT2D eigenvalue weighted by molar-refractivity contribution is 5.92. The van der Waals surface area contributed by atoms with Gasteiger partial charge in [-0.3, -0.25) is 10.2 Å². The van der Waals surface area contributed by atoms with Crippen LogP contribution in [0.4, 0.5) is 0 Å². The first kappa shape index (κ1) is 14.3. The minimum absolute atomic E-state index is 0.245. The van der Waals surface area contributed by atoms with Gasteiger partial charge in [0.05, 0.1) is 0 Å². The molecular formula is C16H21N3O. The largest absolute Gasteiger partial charge is 0.340 e. The smallest absolute Gasteiger partial charge is 0.281 e. The zero-order chi connectivity index (χ0) is 14.5. The summed E-state index contributed by atoms with van der Waals surface area (Å²) in [6, 6.07) is 14.1. The third-order valence-corrected chi connectivity index (χ3v) is 3.21. The lowest BCUT2D eigenvalue weighted by Gasteiger charge is -2.15. The van der Waals surface area contributed by atoms with E-state index in [1.165, 1.54) is 5.56 Å². The number of benzene rings is 1. The molecule has 3 N–H and O–H groups in total. The second-order valence-corrected chi connectivity index (χ2v) is 5.35. The first-order chi connectivity index (χ1) is 9.61. The molecule has 0 aliphatic carbocycles. The molecule has 1 heterocycles. The monoisotopic (exact) mass is 271 g/mol. The molecule has 20 heavy (non-hydrogen) atoms. The van der Waals surface area contributed by atoms with Gasteiger partial charge in [0, 0.05) is 18.7 Å². The Balaban J connectivity index is 2.32. The Labute approximate surface area is 119 Å². The summed E-state index contributed by atoms with van der Waals surface area (Å²) >= 11 is 0. The molecule has 4 heteroatoms. The van der Waals surface area contributed by atoms with Crippen LogP contribution in [0, 0.1) is 5.92 Å². The summed E-state index contributed by atoms with van der Waals surface area (Å²) in [6.45, 7) is 5.07. The van der Waals surface area contributed by atoms with E-state index in [0.29, 0.717) is 11.6 Å². The number of rotatable bonds is 5. The Morgan fingerprint density at radius 1 is 1.20 bits per heavy atom. The fourth-order valence-corrected chi connectivity index (χ4v) is 2.32. The van der Waals surface area contributed by atoms with E-state index in [9.17, 15) is 4.79 Å². The topological polar surface area (TPSA) is 60.0 Å². The van der Waals surface area contributed by atoms with Gasteiger partial charge < -0.3 is 4.57 Å². The normalized spacial score (nSPS) is 10.8. The van der Waals surface area contributed by atoms with Gasteiger partial charge in [-0.2, -0.15) is 0 Å². The number of amides is 1. The van der Waals surface area contributed by atoms with Crippen LogP contribution >= 0.6 is 0 Å². The fourth-order valence-electron chi connectivity index (χ4n) is 2.32. The molecule has 0 saturated carbocycles. The van der Waals surface area contributed by atoms with Crippen molar-refractivity contribution in [3.05, 3.63) is 59.4 Å². The molecule has 2 rings (SSSR count). The summed E-state index contributed by atoms with van der Waals surface area (Å²) in [5.41, 5.74) is 5.19. The highest BCUT2D eigenvalue weighted by atomic mass is 16.2. The number of carbonyl (C=O) groups is 1. The number of nitrogens with two attached hydrogens (primary N) is 1. The summed E-state index contributed by atoms with van der Waals surface area (Å²) in [5, 5.41) is 0. The van der Waals surface area contributed by atoms with E-state index < -0.39 is 0 Å². The summed E-state index contributed by atoms with van der Waals surface area (Å²) in [4.78, 5) is 11.8. The average Bonchev–Trinajstić information content (AvgIpc) is 2.81. The van der Waals surface area contributed by atoms with E-state index in [1.807, 2.05) is 30.3 Å². The van der Waals surface area contributed by atoms with Crippen LogP contribution in [0.3, 0.4) is 0 Å². The van der Waals surface area contributed by atoms with E-state index in [-0.39, 0.29) is 5.91 Å². The van der Waals surface area contributed by atoms with Crippen LogP contribution in [0.1, 0.15) is 35.6 Å². The van der Waals surface area contributed by atoms with E-state index in [1.54, 1.807) is 0 Å². The van der Waals surface area contributed by atoms with Gasteiger partial charge in [-0.1, -0.05) is 44.2 Å². The molecule has 0 atom stereocenters. The molecule has 0 fully saturated rings. The maximum Gasteiger partial charge on any atom is 0.281 e. The molecule has 0 radical (unpaired) electrons. The van der Waals surface area contributed by atoms with Crippen LogP contribution in [0.15, 0.2) is 42.5 Å². The van der Waals surface area contributed by atoms with Crippen LogP contribution in [-0.4, -0.2) is 10.5 Å². The molecule has 0 aliphatic rings. The van der Waals surface area contributed by atoms with E-state index in [0.717, 1.165) is 18.7 Å². The summed E-state index contributed by atoms with van der Waals surface area (Å²) < 4.78 is 2.06. The van der Waals surface area contributed by atoms with Crippen molar-refractivity contribution in [2.24, 2.45) is 11.8 Å². The van der Waals surface area contributed by atoms with Gasteiger partial charge in [0.25, 0.3) is 5.91 Å². The predicted octanol–water partition coefficient (Wildman–Crippen LogP) is 2.34. The number of nitrogens with zero attached hydrogens (tertiary/aromatic N) is 1. The highest BCUT2D eigenvalue weighted by Crippen LogP contribution is 2.16. The number of hydrogen-bond acceptors (Lipinski definition) is 2. The van der Waals surface area contributed by atoms with Crippen molar-refractivity contribution in [1.29, 1.82) is 0 Å². The molecule has 0 spiro atoms. The lowest BCUT2D eigenvalue weighted by Crippen LogP contribution is -2.32. The second kappa shape index (κ2) is 6.39. The van der Waals surface area contributed by atoms with Crippen LogP contribution in [0.2, 0.25) is 0 Å². The first-order valence-corrected chi connectivity index (χ1v) is 6.85. The summed E-state index contributed by atoms with van der Waals surface area (Å²) in [6.07, 6.45) is 0.811. The fraction of sp³-hybridized carbons (Fsp3) is 0.312. The Kier molecular flexibility index (Phi) is 4.58. The van der Waals surface area contributed by atoms with Gasteiger partial charge in [-0.15, -0.1) is 0 Å². The third kappa shape index (κ3) is 3.27. The zero-order valence-corrected chi connectivity index (χ0v) is 12.0. The standard InChI is InChI=1S/C16H21N3O/c1-12(2)11-19-14(8-9-15(19)16(20)18-17)10-13-6-4-3-5-7-13/h3-9,12H,10-11,17H2,1-2H3,(H,18,20). The second-order valence-electron chi connectivity index (χ2n) is 5.35. The van der Waals surface area contributed by atoms with Crippen molar-refractivity contribution >= 4 is 5.91 Å². The molecule has 1 aromatic heterocycles. The van der Waals surface area contributed by atoms with Crippen LogP contribution < -0.4 is 11.3 Å². The molecule has 0 bridgehead atoms. The predicted molar refractivity (Wildman–Crippen MR) is 80.2 cm³/mol. The Morgan fingerprint density at radius 3 is 2.50 bits per heavy atom. The van der Waals surface area contributed by atoms with Crippen molar-refractivity contribution in [2.75, 3.05) is 0 Å². The average molecular weight is 271 g/mol. The highest BCUT2D eigenvalue weighted by Gasteiger charge is 2.15. The number of hydrazine groups is 1. The van der Waals surface area contributed by atoms with Crippen molar-refractivity contribution in [3.8, 4) is 0 Å². The van der Waals surface area contributed by atoms with Crippen molar-refractivity contribution in [3.63, 3.8) is 0 Å². The van der Waals surface area contributed by atoms with E-state index in [4.69, 9.17) is 5.84 Å². The maximum atomic E-state index is 11.8. The molecule has 1 amide bonds. The van der Waals surface area contributed by atoms with Gasteiger partial charge >= 0.3 is 0 Å². The van der Waals surface area contributed by atoms with Crippen molar-refractivity contribution in [2.45, 2.75) is 26.8 Å². The van der Waals surface area contributed by atoms with Crippen molar-refractivity contribution in [1.82, 2.24) is 9.99 Å².